The molecule has 6 heteroatoms. The highest BCUT2D eigenvalue weighted by Gasteiger charge is 2.30. The number of carbonyl (C=O) groups is 2. The molecule has 0 heterocycles. The molecule has 5 nitrogen and oxygen atoms in total. The number of hydrogen-bond acceptors (Lipinski definition) is 3. The van der Waals surface area contributed by atoms with Crippen LogP contribution >= 0.6 is 0 Å². The topological polar surface area (TPSA) is 58.6 Å². The molecule has 0 saturated carbocycles. The van der Waals surface area contributed by atoms with E-state index in [4.69, 9.17) is 4.74 Å². The molecule has 3 rings (SSSR count). The van der Waals surface area contributed by atoms with Crippen molar-refractivity contribution in [3.8, 4) is 5.75 Å². The van der Waals surface area contributed by atoms with Crippen LogP contribution < -0.4 is 10.1 Å². The molecule has 0 aliphatic rings. The predicted octanol–water partition coefficient (Wildman–Crippen LogP) is 4.89. The van der Waals surface area contributed by atoms with Crippen molar-refractivity contribution in [3.05, 3.63) is 101 Å². The van der Waals surface area contributed by atoms with E-state index in [9.17, 15) is 14.0 Å². The van der Waals surface area contributed by atoms with Gasteiger partial charge in [-0.25, -0.2) is 4.39 Å². The SMILES string of the molecule is CNC(=O)[C@H](Cc1ccccc1)N(Cc1ccc(F)cc1)C(=O)COc1ccccc1C(C)(C)C. The fraction of sp³-hybridized carbons (Fsp3) is 0.310. The van der Waals surface area contributed by atoms with Gasteiger partial charge in [0.05, 0.1) is 0 Å². The number of ether oxygens (including phenoxy) is 1. The molecule has 0 spiro atoms. The molecular weight excluding hydrogens is 443 g/mol. The first kappa shape index (κ1) is 25.9. The molecule has 1 N–H and O–H groups in total. The summed E-state index contributed by atoms with van der Waals surface area (Å²) in [7, 11) is 1.55. The monoisotopic (exact) mass is 476 g/mol. The van der Waals surface area contributed by atoms with Gasteiger partial charge in [0, 0.05) is 20.0 Å². The fourth-order valence-corrected chi connectivity index (χ4v) is 3.94. The summed E-state index contributed by atoms with van der Waals surface area (Å²) in [4.78, 5) is 28.0. The van der Waals surface area contributed by atoms with Crippen molar-refractivity contribution in [2.45, 2.75) is 45.2 Å². The Morgan fingerprint density at radius 1 is 0.914 bits per heavy atom. The van der Waals surface area contributed by atoms with Crippen molar-refractivity contribution in [3.63, 3.8) is 0 Å². The fourth-order valence-electron chi connectivity index (χ4n) is 3.94. The quantitative estimate of drug-likeness (QED) is 0.479. The molecule has 0 bridgehead atoms. The zero-order chi connectivity index (χ0) is 25.4. The number of halogens is 1. The third-order valence-corrected chi connectivity index (χ3v) is 5.83. The van der Waals surface area contributed by atoms with Crippen molar-refractivity contribution in [2.24, 2.45) is 0 Å². The van der Waals surface area contributed by atoms with E-state index in [1.165, 1.54) is 17.0 Å². The Balaban J connectivity index is 1.90. The van der Waals surface area contributed by atoms with Gasteiger partial charge in [0.15, 0.2) is 6.61 Å². The Morgan fingerprint density at radius 3 is 2.17 bits per heavy atom. The van der Waals surface area contributed by atoms with Crippen molar-refractivity contribution in [2.75, 3.05) is 13.7 Å². The van der Waals surface area contributed by atoms with Gasteiger partial charge in [0.1, 0.15) is 17.6 Å². The van der Waals surface area contributed by atoms with Crippen LogP contribution in [0.4, 0.5) is 4.39 Å². The number of nitrogens with one attached hydrogen (secondary N) is 1. The van der Waals surface area contributed by atoms with Crippen LogP contribution in [0, 0.1) is 5.82 Å². The Bertz CT molecular complexity index is 1120. The molecule has 0 unspecified atom stereocenters. The summed E-state index contributed by atoms with van der Waals surface area (Å²) in [6, 6.07) is 22.4. The van der Waals surface area contributed by atoms with Crippen molar-refractivity contribution >= 4 is 11.8 Å². The second-order valence-corrected chi connectivity index (χ2v) is 9.50. The molecule has 3 aromatic carbocycles. The average molecular weight is 477 g/mol. The van der Waals surface area contributed by atoms with Crippen LogP contribution in [0.3, 0.4) is 0 Å². The standard InChI is InChI=1S/C29H33FN2O3/c1-29(2,3)24-12-8-9-13-26(24)35-20-27(33)32(19-22-14-16-23(30)17-15-22)25(28(34)31-4)18-21-10-6-5-7-11-21/h5-17,25H,18-20H2,1-4H3,(H,31,34)/t25-/m0/s1. The van der Waals surface area contributed by atoms with Gasteiger partial charge in [-0.1, -0.05) is 81.4 Å². The molecule has 0 aromatic heterocycles. The van der Waals surface area contributed by atoms with E-state index in [1.807, 2.05) is 54.6 Å². The van der Waals surface area contributed by atoms with Crippen LogP contribution in [0.25, 0.3) is 0 Å². The van der Waals surface area contributed by atoms with E-state index in [1.54, 1.807) is 19.2 Å². The number of likely N-dealkylation sites (N-methyl/N-ethyl adjacent to an activating group) is 1. The van der Waals surface area contributed by atoms with Gasteiger partial charge in [-0.05, 0) is 40.3 Å². The molecule has 3 aromatic rings. The van der Waals surface area contributed by atoms with Crippen molar-refractivity contribution in [1.82, 2.24) is 10.2 Å². The highest BCUT2D eigenvalue weighted by Crippen LogP contribution is 2.31. The zero-order valence-electron chi connectivity index (χ0n) is 20.8. The number of nitrogens with zero attached hydrogens (tertiary/aromatic N) is 1. The maximum atomic E-state index is 13.5. The van der Waals surface area contributed by atoms with E-state index in [-0.39, 0.29) is 36.2 Å². The van der Waals surface area contributed by atoms with Crippen LogP contribution in [-0.2, 0) is 28.0 Å². The molecule has 0 aliphatic heterocycles. The molecule has 0 saturated heterocycles. The summed E-state index contributed by atoms with van der Waals surface area (Å²) in [5.74, 6) is -0.336. The number of benzene rings is 3. The van der Waals surface area contributed by atoms with Gasteiger partial charge >= 0.3 is 0 Å². The summed E-state index contributed by atoms with van der Waals surface area (Å²) < 4.78 is 19.5. The maximum absolute atomic E-state index is 13.5. The van der Waals surface area contributed by atoms with Gasteiger partial charge in [-0.3, -0.25) is 9.59 Å². The highest BCUT2D eigenvalue weighted by molar-refractivity contribution is 5.88. The summed E-state index contributed by atoms with van der Waals surface area (Å²) >= 11 is 0. The largest absolute Gasteiger partial charge is 0.483 e. The van der Waals surface area contributed by atoms with E-state index in [2.05, 4.69) is 26.1 Å². The minimum absolute atomic E-state index is 0.147. The Morgan fingerprint density at radius 2 is 1.54 bits per heavy atom. The second kappa shape index (κ2) is 11.6. The van der Waals surface area contributed by atoms with Gasteiger partial charge in [0.25, 0.3) is 5.91 Å². The van der Waals surface area contributed by atoms with E-state index in [0.717, 1.165) is 16.7 Å². The lowest BCUT2D eigenvalue weighted by molar-refractivity contribution is -0.142. The lowest BCUT2D eigenvalue weighted by atomic mass is 9.86. The van der Waals surface area contributed by atoms with Crippen LogP contribution in [-0.4, -0.2) is 36.4 Å². The number of hydrogen-bond donors (Lipinski definition) is 1. The molecule has 0 aliphatic carbocycles. The normalized spacial score (nSPS) is 12.0. The molecule has 184 valence electrons. The molecule has 35 heavy (non-hydrogen) atoms. The number of para-hydroxylation sites is 1. The lowest BCUT2D eigenvalue weighted by Gasteiger charge is -2.31. The molecule has 0 radical (unpaired) electrons. The summed E-state index contributed by atoms with van der Waals surface area (Å²) in [5.41, 5.74) is 2.48. The number of carbonyl (C=O) groups excluding carboxylic acids is 2. The van der Waals surface area contributed by atoms with Gasteiger partial charge in [-0.15, -0.1) is 0 Å². The minimum atomic E-state index is -0.763. The lowest BCUT2D eigenvalue weighted by Crippen LogP contribution is -2.51. The Kier molecular flexibility index (Phi) is 8.63. The zero-order valence-corrected chi connectivity index (χ0v) is 20.8. The van der Waals surface area contributed by atoms with E-state index >= 15 is 0 Å². The summed E-state index contributed by atoms with van der Waals surface area (Å²) in [5, 5.41) is 2.68. The van der Waals surface area contributed by atoms with Crippen LogP contribution in [0.1, 0.15) is 37.5 Å². The molecule has 2 amide bonds. The predicted molar refractivity (Wildman–Crippen MR) is 136 cm³/mol. The molecular formula is C29H33FN2O3. The maximum Gasteiger partial charge on any atom is 0.261 e. The van der Waals surface area contributed by atoms with Crippen LogP contribution in [0.2, 0.25) is 0 Å². The summed E-state index contributed by atoms with van der Waals surface area (Å²) in [6.07, 6.45) is 0.339. The number of rotatable bonds is 9. The van der Waals surface area contributed by atoms with Gasteiger partial charge < -0.3 is 15.0 Å². The number of amides is 2. The third-order valence-electron chi connectivity index (χ3n) is 5.83. The van der Waals surface area contributed by atoms with Crippen molar-refractivity contribution in [1.29, 1.82) is 0 Å². The van der Waals surface area contributed by atoms with Crippen LogP contribution in [0.5, 0.6) is 5.75 Å². The van der Waals surface area contributed by atoms with Crippen LogP contribution in [0.15, 0.2) is 78.9 Å². The Hall–Kier alpha value is -3.67. The van der Waals surface area contributed by atoms with E-state index in [0.29, 0.717) is 12.2 Å². The Labute approximate surface area is 206 Å². The van der Waals surface area contributed by atoms with Crippen molar-refractivity contribution < 1.29 is 18.7 Å². The van der Waals surface area contributed by atoms with Gasteiger partial charge in [0.2, 0.25) is 5.91 Å². The van der Waals surface area contributed by atoms with E-state index < -0.39 is 6.04 Å². The molecule has 1 atom stereocenters. The first-order chi connectivity index (χ1) is 16.7. The summed E-state index contributed by atoms with van der Waals surface area (Å²) in [6.45, 7) is 6.17. The third kappa shape index (κ3) is 7.15. The average Bonchev–Trinajstić information content (AvgIpc) is 2.85. The van der Waals surface area contributed by atoms with Gasteiger partial charge in [-0.2, -0.15) is 0 Å². The first-order valence-corrected chi connectivity index (χ1v) is 11.7. The minimum Gasteiger partial charge on any atom is -0.483 e. The molecule has 0 fully saturated rings. The second-order valence-electron chi connectivity index (χ2n) is 9.50. The first-order valence-electron chi connectivity index (χ1n) is 11.7. The highest BCUT2D eigenvalue weighted by atomic mass is 19.1. The smallest absolute Gasteiger partial charge is 0.261 e.